The van der Waals surface area contributed by atoms with Crippen molar-refractivity contribution >= 4 is 15.8 Å². The Morgan fingerprint density at radius 1 is 1.47 bits per heavy atom. The van der Waals surface area contributed by atoms with Crippen LogP contribution < -0.4 is 11.1 Å². The van der Waals surface area contributed by atoms with Crippen LogP contribution in [0.5, 0.6) is 0 Å². The first kappa shape index (κ1) is 15.9. The largest absolute Gasteiger partial charge is 0.382 e. The van der Waals surface area contributed by atoms with E-state index in [9.17, 15) is 8.42 Å². The molecule has 0 radical (unpaired) electrons. The van der Waals surface area contributed by atoms with Gasteiger partial charge in [-0.15, -0.1) is 0 Å². The maximum atomic E-state index is 9.19. The minimum absolute atomic E-state index is 0.205. The molecule has 1 aromatic rings. The second kappa shape index (κ2) is 6.36. The van der Waals surface area contributed by atoms with Crippen molar-refractivity contribution in [2.75, 3.05) is 11.6 Å². The average molecular weight is 286 g/mol. The smallest absolute Gasteiger partial charge is 0.261 e. The highest BCUT2D eigenvalue weighted by molar-refractivity contribution is 7.85. The molecule has 0 aliphatic carbocycles. The van der Waals surface area contributed by atoms with Gasteiger partial charge in [-0.3, -0.25) is 4.55 Å². The molecule has 4 N–H and O–H groups in total. The van der Waals surface area contributed by atoms with Gasteiger partial charge >= 0.3 is 0 Å². The summed E-state index contributed by atoms with van der Waals surface area (Å²) in [6, 6.07) is 7.22. The Hall–Kier alpha value is -1.11. The van der Waals surface area contributed by atoms with Crippen LogP contribution in [0, 0.1) is 6.92 Å². The Kier molecular flexibility index (Phi) is 5.34. The van der Waals surface area contributed by atoms with E-state index in [1.165, 1.54) is 16.8 Å². The lowest BCUT2D eigenvalue weighted by molar-refractivity contribution is 0.490. The minimum atomic E-state index is -3.67. The molecule has 1 aromatic carbocycles. The van der Waals surface area contributed by atoms with E-state index in [0.29, 0.717) is 12.3 Å². The van der Waals surface area contributed by atoms with Crippen LogP contribution in [0.4, 0.5) is 5.69 Å². The molecule has 0 saturated heterocycles. The molecule has 2 atom stereocenters. The van der Waals surface area contributed by atoms with Crippen molar-refractivity contribution in [2.45, 2.75) is 38.8 Å². The fraction of sp³-hybridized carbons (Fsp3) is 0.538. The first-order valence-corrected chi connectivity index (χ1v) is 8.10. The van der Waals surface area contributed by atoms with Gasteiger partial charge in [0, 0.05) is 17.8 Å². The van der Waals surface area contributed by atoms with Gasteiger partial charge in [-0.2, -0.15) is 8.42 Å². The number of hydrogen-bond donors (Lipinski definition) is 3. The summed E-state index contributed by atoms with van der Waals surface area (Å²) in [5.41, 5.74) is 9.93. The van der Waals surface area contributed by atoms with Gasteiger partial charge < -0.3 is 11.1 Å². The van der Waals surface area contributed by atoms with Gasteiger partial charge in [0.25, 0.3) is 10.1 Å². The second-order valence-electron chi connectivity index (χ2n) is 4.92. The number of rotatable bonds is 1. The first-order valence-electron chi connectivity index (χ1n) is 6.25. The maximum absolute atomic E-state index is 9.19. The highest BCUT2D eigenvalue weighted by Crippen LogP contribution is 2.32. The van der Waals surface area contributed by atoms with Gasteiger partial charge in [-0.25, -0.2) is 0 Å². The van der Waals surface area contributed by atoms with E-state index >= 15 is 0 Å². The molecule has 0 fully saturated rings. The zero-order valence-corrected chi connectivity index (χ0v) is 12.4. The number of fused-ring (bicyclic) bond motifs is 1. The predicted molar refractivity (Wildman–Crippen MR) is 77.9 cm³/mol. The summed E-state index contributed by atoms with van der Waals surface area (Å²) in [4.78, 5) is 0. The number of benzene rings is 1. The van der Waals surface area contributed by atoms with Gasteiger partial charge in [0.05, 0.1) is 6.26 Å². The molecule has 0 aromatic heterocycles. The van der Waals surface area contributed by atoms with Crippen LogP contribution in [-0.2, 0) is 10.1 Å². The summed E-state index contributed by atoms with van der Waals surface area (Å²) in [5, 5.41) is 3.52. The molecular weight excluding hydrogens is 264 g/mol. The minimum Gasteiger partial charge on any atom is -0.382 e. The molecule has 0 spiro atoms. The standard InChI is InChI=1S/C12H18N2.CH4O3S/c1-3-9-7-11(13)10-6-8(2)4-5-12(10)14-9;1-5(2,3)4/h4-6,9,11,14H,3,7,13H2,1-2H3;1H3,(H,2,3,4)/t9-,11+;/m1./s1. The van der Waals surface area contributed by atoms with Crippen molar-refractivity contribution in [2.24, 2.45) is 5.73 Å². The van der Waals surface area contributed by atoms with E-state index in [0.717, 1.165) is 12.8 Å². The van der Waals surface area contributed by atoms with Crippen LogP contribution >= 0.6 is 0 Å². The SMILES string of the molecule is CC[C@@H]1C[C@H](N)c2cc(C)ccc2N1.CS(=O)(=O)O. The van der Waals surface area contributed by atoms with E-state index in [1.807, 2.05) is 0 Å². The summed E-state index contributed by atoms with van der Waals surface area (Å²) in [6.45, 7) is 4.31. The van der Waals surface area contributed by atoms with E-state index in [4.69, 9.17) is 10.3 Å². The molecule has 0 bridgehead atoms. The zero-order chi connectivity index (χ0) is 14.6. The van der Waals surface area contributed by atoms with Crippen LogP contribution in [0.15, 0.2) is 18.2 Å². The predicted octanol–water partition coefficient (Wildman–Crippen LogP) is 2.09. The zero-order valence-electron chi connectivity index (χ0n) is 11.6. The van der Waals surface area contributed by atoms with Crippen LogP contribution in [0.25, 0.3) is 0 Å². The van der Waals surface area contributed by atoms with Crippen molar-refractivity contribution in [3.05, 3.63) is 29.3 Å². The fourth-order valence-corrected chi connectivity index (χ4v) is 2.10. The normalized spacial score (nSPS) is 21.7. The molecule has 0 saturated carbocycles. The lowest BCUT2D eigenvalue weighted by Gasteiger charge is -2.31. The van der Waals surface area contributed by atoms with E-state index in [2.05, 4.69) is 37.4 Å². The van der Waals surface area contributed by atoms with Gasteiger partial charge in [0.1, 0.15) is 0 Å². The molecule has 6 heteroatoms. The summed E-state index contributed by atoms with van der Waals surface area (Å²) in [6.07, 6.45) is 2.90. The van der Waals surface area contributed by atoms with Crippen LogP contribution in [-0.4, -0.2) is 25.3 Å². The monoisotopic (exact) mass is 286 g/mol. The van der Waals surface area contributed by atoms with Crippen molar-refractivity contribution in [1.82, 2.24) is 0 Å². The summed E-state index contributed by atoms with van der Waals surface area (Å²) < 4.78 is 25.9. The molecular formula is C13H22N2O3S. The third-order valence-corrected chi connectivity index (χ3v) is 3.00. The Balaban J connectivity index is 0.000000312. The molecule has 0 amide bonds. The third-order valence-electron chi connectivity index (χ3n) is 3.00. The molecule has 1 aliphatic rings. The Bertz CT molecular complexity index is 521. The molecule has 108 valence electrons. The number of nitrogens with one attached hydrogen (secondary N) is 1. The van der Waals surface area contributed by atoms with Gasteiger partial charge in [-0.1, -0.05) is 24.6 Å². The molecule has 2 rings (SSSR count). The second-order valence-corrected chi connectivity index (χ2v) is 6.38. The lowest BCUT2D eigenvalue weighted by atomic mass is 9.91. The molecule has 1 aliphatic heterocycles. The molecule has 0 unspecified atom stereocenters. The first-order chi connectivity index (χ1) is 8.70. The summed E-state index contributed by atoms with van der Waals surface area (Å²) in [5.74, 6) is 0. The average Bonchev–Trinajstić information content (AvgIpc) is 2.27. The molecule has 5 nitrogen and oxygen atoms in total. The van der Waals surface area contributed by atoms with Gasteiger partial charge in [-0.05, 0) is 31.4 Å². The Labute approximate surface area is 115 Å². The van der Waals surface area contributed by atoms with Crippen molar-refractivity contribution in [3.63, 3.8) is 0 Å². The molecule has 1 heterocycles. The number of anilines is 1. The van der Waals surface area contributed by atoms with E-state index in [1.54, 1.807) is 0 Å². The summed E-state index contributed by atoms with van der Waals surface area (Å²) in [7, 11) is -3.67. The fourth-order valence-electron chi connectivity index (χ4n) is 2.10. The van der Waals surface area contributed by atoms with Crippen molar-refractivity contribution in [1.29, 1.82) is 0 Å². The van der Waals surface area contributed by atoms with E-state index < -0.39 is 10.1 Å². The van der Waals surface area contributed by atoms with Gasteiger partial charge in [0.15, 0.2) is 0 Å². The maximum Gasteiger partial charge on any atom is 0.261 e. The van der Waals surface area contributed by atoms with E-state index in [-0.39, 0.29) is 6.04 Å². The number of hydrogen-bond acceptors (Lipinski definition) is 4. The molecule has 19 heavy (non-hydrogen) atoms. The van der Waals surface area contributed by atoms with Crippen LogP contribution in [0.3, 0.4) is 0 Å². The summed E-state index contributed by atoms with van der Waals surface area (Å²) >= 11 is 0. The highest BCUT2D eigenvalue weighted by Gasteiger charge is 2.22. The van der Waals surface area contributed by atoms with Crippen molar-refractivity contribution < 1.29 is 13.0 Å². The Morgan fingerprint density at radius 2 is 2.05 bits per heavy atom. The van der Waals surface area contributed by atoms with Crippen molar-refractivity contribution in [3.8, 4) is 0 Å². The van der Waals surface area contributed by atoms with Crippen LogP contribution in [0.1, 0.15) is 36.9 Å². The topological polar surface area (TPSA) is 92.4 Å². The Morgan fingerprint density at radius 3 is 2.58 bits per heavy atom. The highest BCUT2D eigenvalue weighted by atomic mass is 32.2. The number of nitrogens with two attached hydrogens (primary N) is 1. The number of aryl methyl sites for hydroxylation is 1. The lowest BCUT2D eigenvalue weighted by Crippen LogP contribution is -2.31. The third kappa shape index (κ3) is 5.59. The quantitative estimate of drug-likeness (QED) is 0.687. The van der Waals surface area contributed by atoms with Gasteiger partial charge in [0.2, 0.25) is 0 Å². The van der Waals surface area contributed by atoms with Crippen LogP contribution in [0.2, 0.25) is 0 Å².